The number of nitrogens with one attached hydrogen (secondary N) is 2. The predicted molar refractivity (Wildman–Crippen MR) is 179 cm³/mol. The number of hydrogen-bond acceptors (Lipinski definition) is 2. The molecule has 0 aliphatic rings. The number of benzene rings is 2. The highest BCUT2D eigenvalue weighted by Gasteiger charge is 2.19. The minimum atomic E-state index is 0.385. The Morgan fingerprint density at radius 1 is 0.700 bits per heavy atom. The van der Waals surface area contributed by atoms with Gasteiger partial charge in [0.2, 0.25) is 0 Å². The van der Waals surface area contributed by atoms with Gasteiger partial charge in [-0.05, 0) is 120 Å². The third-order valence-corrected chi connectivity index (χ3v) is 7.92. The molecule has 0 amide bonds. The van der Waals surface area contributed by atoms with E-state index in [1.54, 1.807) is 0 Å². The van der Waals surface area contributed by atoms with Gasteiger partial charge in [-0.15, -0.1) is 0 Å². The van der Waals surface area contributed by atoms with E-state index in [1.807, 2.05) is 0 Å². The molecule has 5 unspecified atom stereocenters. The molecule has 0 aromatic heterocycles. The fourth-order valence-electron chi connectivity index (χ4n) is 5.93. The lowest BCUT2D eigenvalue weighted by atomic mass is 9.85. The first-order valence-corrected chi connectivity index (χ1v) is 15.8. The van der Waals surface area contributed by atoms with Gasteiger partial charge in [0.05, 0.1) is 0 Å². The molecule has 0 saturated heterocycles. The van der Waals surface area contributed by atoms with Crippen LogP contribution in [0.25, 0.3) is 0 Å². The van der Waals surface area contributed by atoms with E-state index in [1.165, 1.54) is 39.0 Å². The van der Waals surface area contributed by atoms with E-state index < -0.39 is 0 Å². The van der Waals surface area contributed by atoms with Crippen LogP contribution in [0, 0.1) is 25.7 Å². The first-order valence-electron chi connectivity index (χ1n) is 15.8. The maximum Gasteiger partial charge on any atom is 0.0258 e. The molecule has 0 heterocycles. The Morgan fingerprint density at radius 2 is 1.25 bits per heavy atom. The lowest BCUT2D eigenvalue weighted by Crippen LogP contribution is -2.33. The van der Waals surface area contributed by atoms with Gasteiger partial charge in [0.15, 0.2) is 0 Å². The van der Waals surface area contributed by atoms with E-state index in [0.29, 0.717) is 35.8 Å². The van der Waals surface area contributed by atoms with Crippen LogP contribution in [0.15, 0.2) is 65.8 Å². The van der Waals surface area contributed by atoms with Gasteiger partial charge in [0, 0.05) is 12.1 Å². The largest absolute Gasteiger partial charge is 0.310 e. The van der Waals surface area contributed by atoms with Gasteiger partial charge in [-0.1, -0.05) is 106 Å². The van der Waals surface area contributed by atoms with Gasteiger partial charge in [-0.25, -0.2) is 0 Å². The van der Waals surface area contributed by atoms with Crippen molar-refractivity contribution < 1.29 is 0 Å². The first kappa shape index (κ1) is 34.0. The normalized spacial score (nSPS) is 15.3. The fraction of sp³-hybridized carbons (Fsp3) is 0.579. The Kier molecular flexibility index (Phi) is 14.4. The van der Waals surface area contributed by atoms with Gasteiger partial charge in [-0.3, -0.25) is 0 Å². The fourth-order valence-corrected chi connectivity index (χ4v) is 5.93. The van der Waals surface area contributed by atoms with E-state index in [4.69, 9.17) is 0 Å². The summed E-state index contributed by atoms with van der Waals surface area (Å²) in [6.07, 6.45) is 8.19. The van der Waals surface area contributed by atoms with Crippen molar-refractivity contribution in [2.45, 2.75) is 119 Å². The number of aryl methyl sites for hydroxylation is 2. The molecule has 0 aliphatic heterocycles. The topological polar surface area (TPSA) is 24.1 Å². The monoisotopic (exact) mass is 544 g/mol. The molecule has 0 aliphatic carbocycles. The number of allylic oxidation sites excluding steroid dienone is 2. The molecule has 2 N–H and O–H groups in total. The van der Waals surface area contributed by atoms with Crippen molar-refractivity contribution in [1.82, 2.24) is 10.6 Å². The summed E-state index contributed by atoms with van der Waals surface area (Å²) in [6.45, 7) is 27.2. The molecule has 2 heteroatoms. The van der Waals surface area contributed by atoms with Gasteiger partial charge < -0.3 is 10.6 Å². The molecule has 0 saturated carbocycles. The van der Waals surface area contributed by atoms with Crippen LogP contribution >= 0.6 is 0 Å². The minimum absolute atomic E-state index is 0.385. The maximum absolute atomic E-state index is 3.94. The molecule has 2 rings (SSSR count). The van der Waals surface area contributed by atoms with Crippen LogP contribution in [0.3, 0.4) is 0 Å². The Bertz CT molecular complexity index is 1080. The zero-order valence-corrected chi connectivity index (χ0v) is 27.7. The van der Waals surface area contributed by atoms with Crippen LogP contribution in [0.1, 0.15) is 115 Å². The Labute approximate surface area is 248 Å². The predicted octanol–water partition coefficient (Wildman–Crippen LogP) is 9.67. The number of hydrogen-bond donors (Lipinski definition) is 2. The van der Waals surface area contributed by atoms with Gasteiger partial charge >= 0.3 is 0 Å². The van der Waals surface area contributed by atoms with Gasteiger partial charge in [-0.2, -0.15) is 0 Å². The van der Waals surface area contributed by atoms with Crippen molar-refractivity contribution in [3.05, 3.63) is 93.6 Å². The zero-order chi connectivity index (χ0) is 29.8. The highest BCUT2D eigenvalue weighted by atomic mass is 14.9. The summed E-state index contributed by atoms with van der Waals surface area (Å²) >= 11 is 0. The van der Waals surface area contributed by atoms with E-state index in [0.717, 1.165) is 32.4 Å². The van der Waals surface area contributed by atoms with Crippen LogP contribution in [0.5, 0.6) is 0 Å². The molecular weight excluding hydrogens is 484 g/mol. The summed E-state index contributed by atoms with van der Waals surface area (Å²) < 4.78 is 0. The standard InChI is InChI=1S/C38H60N2/c1-26(2)18-35(39-24-28(5)6)23-33(11)38-21-29(7)16-17-34(38)20-30(8)25-40-36(19-27(3)4)22-32(10)37-15-13-12-14-31(37)9/h12-19,21,28,30,32-33,35-36,39-40H,20,22-25H2,1-11H3. The Hall–Kier alpha value is -2.16. The highest BCUT2D eigenvalue weighted by molar-refractivity contribution is 5.35. The summed E-state index contributed by atoms with van der Waals surface area (Å²) in [4.78, 5) is 0. The van der Waals surface area contributed by atoms with Crippen LogP contribution in [0.2, 0.25) is 0 Å². The minimum Gasteiger partial charge on any atom is -0.310 e. The summed E-state index contributed by atoms with van der Waals surface area (Å²) in [6, 6.07) is 16.8. The lowest BCUT2D eigenvalue weighted by molar-refractivity contribution is 0.445. The molecular formula is C38H60N2. The SMILES string of the molecule is CC(C)=CC(CC(C)c1ccccc1C)NCC(C)Cc1ccc(C)cc1C(C)CC(C=C(C)C)NCC(C)C. The van der Waals surface area contributed by atoms with E-state index in [2.05, 4.69) is 141 Å². The summed E-state index contributed by atoms with van der Waals surface area (Å²) in [5.41, 5.74) is 10.0. The van der Waals surface area contributed by atoms with E-state index in [9.17, 15) is 0 Å². The molecule has 5 atom stereocenters. The lowest BCUT2D eigenvalue weighted by Gasteiger charge is -2.26. The van der Waals surface area contributed by atoms with Crippen molar-refractivity contribution in [2.75, 3.05) is 13.1 Å². The summed E-state index contributed by atoms with van der Waals surface area (Å²) in [7, 11) is 0. The highest BCUT2D eigenvalue weighted by Crippen LogP contribution is 2.29. The van der Waals surface area contributed by atoms with Gasteiger partial charge in [0.1, 0.15) is 0 Å². The van der Waals surface area contributed by atoms with Crippen molar-refractivity contribution in [1.29, 1.82) is 0 Å². The molecule has 222 valence electrons. The van der Waals surface area contributed by atoms with Crippen LogP contribution < -0.4 is 10.6 Å². The second-order valence-corrected chi connectivity index (χ2v) is 13.6. The molecule has 0 radical (unpaired) electrons. The quantitative estimate of drug-likeness (QED) is 0.206. The Balaban J connectivity index is 2.11. The third-order valence-electron chi connectivity index (χ3n) is 7.92. The molecule has 2 aromatic carbocycles. The first-order chi connectivity index (χ1) is 18.8. The summed E-state index contributed by atoms with van der Waals surface area (Å²) in [5, 5.41) is 7.75. The third kappa shape index (κ3) is 12.1. The van der Waals surface area contributed by atoms with Crippen LogP contribution in [-0.2, 0) is 6.42 Å². The van der Waals surface area contributed by atoms with Gasteiger partial charge in [0.25, 0.3) is 0 Å². The van der Waals surface area contributed by atoms with Crippen LogP contribution in [-0.4, -0.2) is 25.2 Å². The summed E-state index contributed by atoms with van der Waals surface area (Å²) in [5.74, 6) is 2.24. The molecule has 2 nitrogen and oxygen atoms in total. The van der Waals surface area contributed by atoms with Crippen molar-refractivity contribution in [3.63, 3.8) is 0 Å². The van der Waals surface area contributed by atoms with Crippen molar-refractivity contribution >= 4 is 0 Å². The second kappa shape index (κ2) is 16.9. The number of rotatable bonds is 16. The molecule has 2 aromatic rings. The molecule has 0 bridgehead atoms. The second-order valence-electron chi connectivity index (χ2n) is 13.6. The molecule has 0 spiro atoms. The average molecular weight is 545 g/mol. The molecule has 40 heavy (non-hydrogen) atoms. The zero-order valence-electron chi connectivity index (χ0n) is 27.7. The van der Waals surface area contributed by atoms with E-state index in [-0.39, 0.29) is 0 Å². The smallest absolute Gasteiger partial charge is 0.0258 e. The van der Waals surface area contributed by atoms with Crippen LogP contribution in [0.4, 0.5) is 0 Å². The molecule has 0 fully saturated rings. The average Bonchev–Trinajstić information content (AvgIpc) is 2.86. The van der Waals surface area contributed by atoms with E-state index >= 15 is 0 Å². The van der Waals surface area contributed by atoms with Crippen molar-refractivity contribution in [2.24, 2.45) is 11.8 Å². The maximum atomic E-state index is 3.94. The van der Waals surface area contributed by atoms with Crippen molar-refractivity contribution in [3.8, 4) is 0 Å². The Morgan fingerprint density at radius 3 is 1.80 bits per heavy atom.